The summed E-state index contributed by atoms with van der Waals surface area (Å²) in [5.41, 5.74) is 2.63. The van der Waals surface area contributed by atoms with Crippen molar-refractivity contribution in [1.82, 2.24) is 20.3 Å². The van der Waals surface area contributed by atoms with Gasteiger partial charge in [-0.05, 0) is 38.0 Å². The van der Waals surface area contributed by atoms with Crippen LogP contribution in [0.1, 0.15) is 16.1 Å². The van der Waals surface area contributed by atoms with Crippen LogP contribution in [-0.4, -0.2) is 27.4 Å². The minimum absolute atomic E-state index is 0.152. The van der Waals surface area contributed by atoms with Crippen molar-refractivity contribution in [2.24, 2.45) is 0 Å². The van der Waals surface area contributed by atoms with Gasteiger partial charge in [0.25, 0.3) is 5.56 Å². The molecule has 0 saturated carbocycles. The third-order valence-corrected chi connectivity index (χ3v) is 5.74. The molecule has 0 unspecified atom stereocenters. The summed E-state index contributed by atoms with van der Waals surface area (Å²) in [6.45, 7) is 4.16. The number of benzene rings is 1. The number of hydrogen-bond donors (Lipinski definition) is 1. The molecule has 0 saturated heterocycles. The Bertz CT molecular complexity index is 1260. The molecule has 0 spiro atoms. The fraction of sp³-hybridized carbons (Fsp3) is 0.217. The highest BCUT2D eigenvalue weighted by atomic mass is 32.1. The number of amides is 1. The smallest absolute Gasteiger partial charge is 0.268 e. The molecule has 0 aliphatic rings. The molecule has 0 aliphatic heterocycles. The van der Waals surface area contributed by atoms with E-state index in [0.717, 1.165) is 21.7 Å². The van der Waals surface area contributed by atoms with Gasteiger partial charge in [0.05, 0.1) is 16.1 Å². The van der Waals surface area contributed by atoms with E-state index in [1.165, 1.54) is 10.7 Å². The fourth-order valence-corrected chi connectivity index (χ4v) is 4.07. The van der Waals surface area contributed by atoms with Crippen LogP contribution in [0.2, 0.25) is 0 Å². The zero-order chi connectivity index (χ0) is 21.8. The Morgan fingerprint density at radius 2 is 1.94 bits per heavy atom. The molecule has 4 aromatic rings. The molecule has 31 heavy (non-hydrogen) atoms. The van der Waals surface area contributed by atoms with Crippen LogP contribution in [-0.2, 0) is 17.8 Å². The predicted molar refractivity (Wildman–Crippen MR) is 120 cm³/mol. The average Bonchev–Trinajstić information content (AvgIpc) is 3.38. The van der Waals surface area contributed by atoms with Crippen molar-refractivity contribution < 1.29 is 9.32 Å². The van der Waals surface area contributed by atoms with Gasteiger partial charge in [-0.2, -0.15) is 5.10 Å². The van der Waals surface area contributed by atoms with Crippen molar-refractivity contribution in [2.45, 2.75) is 26.8 Å². The summed E-state index contributed by atoms with van der Waals surface area (Å²) in [7, 11) is 0. The van der Waals surface area contributed by atoms with Crippen molar-refractivity contribution in [3.8, 4) is 21.9 Å². The van der Waals surface area contributed by atoms with Gasteiger partial charge in [0.2, 0.25) is 5.91 Å². The van der Waals surface area contributed by atoms with E-state index in [-0.39, 0.29) is 18.0 Å². The Labute approximate surface area is 183 Å². The maximum absolute atomic E-state index is 12.7. The molecule has 0 atom stereocenters. The van der Waals surface area contributed by atoms with Gasteiger partial charge in [0.1, 0.15) is 12.2 Å². The van der Waals surface area contributed by atoms with Crippen LogP contribution in [0.5, 0.6) is 0 Å². The van der Waals surface area contributed by atoms with E-state index in [2.05, 4.69) is 15.6 Å². The highest BCUT2D eigenvalue weighted by molar-refractivity contribution is 7.15. The number of rotatable bonds is 7. The molecule has 0 aliphatic carbocycles. The predicted octanol–water partition coefficient (Wildman–Crippen LogP) is 3.60. The molecule has 1 N–H and O–H groups in total. The van der Waals surface area contributed by atoms with Gasteiger partial charge < -0.3 is 9.84 Å². The molecular formula is C23H22N4O3S. The number of nitrogens with zero attached hydrogens (tertiary/aromatic N) is 3. The number of aromatic nitrogens is 3. The van der Waals surface area contributed by atoms with E-state index < -0.39 is 0 Å². The minimum atomic E-state index is -0.376. The monoisotopic (exact) mass is 434 g/mol. The van der Waals surface area contributed by atoms with Crippen LogP contribution < -0.4 is 10.9 Å². The number of nitrogens with one attached hydrogen (secondary N) is 1. The van der Waals surface area contributed by atoms with Gasteiger partial charge in [-0.3, -0.25) is 9.59 Å². The van der Waals surface area contributed by atoms with Crippen molar-refractivity contribution in [3.05, 3.63) is 81.1 Å². The van der Waals surface area contributed by atoms with E-state index in [1.807, 2.05) is 56.3 Å². The molecular weight excluding hydrogens is 412 g/mol. The molecule has 0 bridgehead atoms. The lowest BCUT2D eigenvalue weighted by molar-refractivity contribution is -0.121. The van der Waals surface area contributed by atoms with Gasteiger partial charge in [-0.25, -0.2) is 4.68 Å². The van der Waals surface area contributed by atoms with E-state index in [0.29, 0.717) is 29.3 Å². The molecule has 3 aromatic heterocycles. The molecule has 1 amide bonds. The average molecular weight is 435 g/mol. The second-order valence-corrected chi connectivity index (χ2v) is 8.52. The summed E-state index contributed by atoms with van der Waals surface area (Å²) in [5.74, 6) is 0.213. The molecule has 0 fully saturated rings. The first-order chi connectivity index (χ1) is 15.0. The Hall–Kier alpha value is -3.52. The molecule has 1 aromatic carbocycles. The molecule has 158 valence electrons. The summed E-state index contributed by atoms with van der Waals surface area (Å²) in [6.07, 6.45) is 0.721. The van der Waals surface area contributed by atoms with Crippen LogP contribution >= 0.6 is 11.3 Å². The van der Waals surface area contributed by atoms with Gasteiger partial charge in [0.15, 0.2) is 5.76 Å². The Balaban J connectivity index is 1.56. The largest absolute Gasteiger partial charge is 0.356 e. The Morgan fingerprint density at radius 1 is 1.13 bits per heavy atom. The number of thiophene rings is 1. The summed E-state index contributed by atoms with van der Waals surface area (Å²) >= 11 is 1.56. The third kappa shape index (κ3) is 4.97. The van der Waals surface area contributed by atoms with Crippen LogP contribution in [0.15, 0.2) is 63.9 Å². The van der Waals surface area contributed by atoms with Gasteiger partial charge in [0, 0.05) is 23.6 Å². The third-order valence-electron chi connectivity index (χ3n) is 4.74. The normalized spacial score (nSPS) is 10.9. The molecule has 4 rings (SSSR count). The fourth-order valence-electron chi connectivity index (χ4n) is 3.21. The molecule has 3 heterocycles. The SMILES string of the molecule is Cc1cc(-c2cc(=O)n(CC(=O)NCCc3ccccc3)nc2-c2ccc(C)s2)on1. The second-order valence-electron chi connectivity index (χ2n) is 7.23. The summed E-state index contributed by atoms with van der Waals surface area (Å²) in [4.78, 5) is 27.1. The van der Waals surface area contributed by atoms with Crippen LogP contribution in [0.3, 0.4) is 0 Å². The first-order valence-electron chi connectivity index (χ1n) is 9.93. The van der Waals surface area contributed by atoms with Crippen molar-refractivity contribution >= 4 is 17.2 Å². The van der Waals surface area contributed by atoms with Gasteiger partial charge in [-0.15, -0.1) is 11.3 Å². The highest BCUT2D eigenvalue weighted by Gasteiger charge is 2.18. The van der Waals surface area contributed by atoms with E-state index >= 15 is 0 Å². The Morgan fingerprint density at radius 3 is 2.61 bits per heavy atom. The minimum Gasteiger partial charge on any atom is -0.356 e. The van der Waals surface area contributed by atoms with E-state index in [4.69, 9.17) is 4.52 Å². The number of carbonyl (C=O) groups is 1. The first kappa shape index (κ1) is 20.7. The highest BCUT2D eigenvalue weighted by Crippen LogP contribution is 2.33. The van der Waals surface area contributed by atoms with E-state index in [1.54, 1.807) is 17.4 Å². The summed E-state index contributed by atoms with van der Waals surface area (Å²) < 4.78 is 6.57. The molecule has 7 nitrogen and oxygen atoms in total. The second kappa shape index (κ2) is 9.09. The Kier molecular flexibility index (Phi) is 6.08. The quantitative estimate of drug-likeness (QED) is 0.480. The van der Waals surface area contributed by atoms with Gasteiger partial charge in [-0.1, -0.05) is 35.5 Å². The lowest BCUT2D eigenvalue weighted by Gasteiger charge is -2.10. The van der Waals surface area contributed by atoms with Crippen LogP contribution in [0, 0.1) is 13.8 Å². The first-order valence-corrected chi connectivity index (χ1v) is 10.7. The van der Waals surface area contributed by atoms with Gasteiger partial charge >= 0.3 is 0 Å². The lowest BCUT2D eigenvalue weighted by Crippen LogP contribution is -2.34. The molecule has 0 radical (unpaired) electrons. The summed E-state index contributed by atoms with van der Waals surface area (Å²) in [5, 5.41) is 11.3. The van der Waals surface area contributed by atoms with Crippen LogP contribution in [0.4, 0.5) is 0 Å². The van der Waals surface area contributed by atoms with Crippen molar-refractivity contribution in [3.63, 3.8) is 0 Å². The molecule has 8 heteroatoms. The van der Waals surface area contributed by atoms with E-state index in [9.17, 15) is 9.59 Å². The maximum Gasteiger partial charge on any atom is 0.268 e. The number of aryl methyl sites for hydroxylation is 2. The summed E-state index contributed by atoms with van der Waals surface area (Å²) in [6, 6.07) is 17.1. The standard InChI is InChI=1S/C23H22N4O3S/c1-15-12-19(30-26-15)18-13-22(29)27(25-23(18)20-9-8-16(2)31-20)14-21(28)24-11-10-17-6-4-3-5-7-17/h3-9,12-13H,10-11,14H2,1-2H3,(H,24,28). The van der Waals surface area contributed by atoms with Crippen molar-refractivity contribution in [2.75, 3.05) is 6.54 Å². The number of hydrogen-bond acceptors (Lipinski definition) is 6. The number of carbonyl (C=O) groups excluding carboxylic acids is 1. The topological polar surface area (TPSA) is 90.0 Å². The zero-order valence-corrected chi connectivity index (χ0v) is 18.1. The maximum atomic E-state index is 12.7. The van der Waals surface area contributed by atoms with Crippen LogP contribution in [0.25, 0.3) is 21.9 Å². The van der Waals surface area contributed by atoms with Crippen molar-refractivity contribution in [1.29, 1.82) is 0 Å². The lowest BCUT2D eigenvalue weighted by atomic mass is 10.1. The zero-order valence-electron chi connectivity index (χ0n) is 17.3.